The average molecular weight is 586 g/mol. The molecule has 0 radical (unpaired) electrons. The standard InChI is InChI=1S/C26H19Cl2F2N7O3/c1-40-22-12-36(21(11-24(29)30)26(39)33-15-3-4-18-19(9-15)32-7-6-31-18)25(38)10-17(22)16-8-14(27)2-5-20(16)37-13-23(28)34-35-37/h2-10,12-13,21,24H,11H2,1H3,(H,33,39). The maximum Gasteiger partial charge on any atom is 0.252 e. The summed E-state index contributed by atoms with van der Waals surface area (Å²) in [6, 6.07) is 9.24. The van der Waals surface area contributed by atoms with E-state index >= 15 is 0 Å². The van der Waals surface area contributed by atoms with E-state index in [9.17, 15) is 18.4 Å². The Hall–Kier alpha value is -4.42. The summed E-state index contributed by atoms with van der Waals surface area (Å²) in [5.74, 6) is -0.691. The van der Waals surface area contributed by atoms with Gasteiger partial charge in [0.15, 0.2) is 5.15 Å². The molecular formula is C26H19Cl2F2N7O3. The highest BCUT2D eigenvalue weighted by Gasteiger charge is 2.28. The summed E-state index contributed by atoms with van der Waals surface area (Å²) in [7, 11) is 1.35. The van der Waals surface area contributed by atoms with Crippen LogP contribution in [0.15, 0.2) is 72.0 Å². The summed E-state index contributed by atoms with van der Waals surface area (Å²) in [4.78, 5) is 34.9. The number of carbonyl (C=O) groups excluding carboxylic acids is 1. The van der Waals surface area contributed by atoms with Crippen LogP contribution in [0.25, 0.3) is 27.8 Å². The number of ether oxygens (including phenoxy) is 1. The summed E-state index contributed by atoms with van der Waals surface area (Å²) in [5.41, 5.74) is 1.88. The van der Waals surface area contributed by atoms with E-state index in [1.807, 2.05) is 0 Å². The van der Waals surface area contributed by atoms with Gasteiger partial charge in [-0.1, -0.05) is 28.4 Å². The van der Waals surface area contributed by atoms with Crippen LogP contribution < -0.4 is 15.6 Å². The minimum atomic E-state index is -2.88. The highest BCUT2D eigenvalue weighted by molar-refractivity contribution is 6.31. The Labute approximate surface area is 235 Å². The molecule has 10 nitrogen and oxygen atoms in total. The molecule has 3 heterocycles. The van der Waals surface area contributed by atoms with E-state index < -0.39 is 30.4 Å². The lowest BCUT2D eigenvalue weighted by molar-refractivity contribution is -0.120. The normalized spacial score (nSPS) is 12.1. The first-order valence-corrected chi connectivity index (χ1v) is 12.5. The molecule has 5 aromatic rings. The number of alkyl halides is 2. The van der Waals surface area contributed by atoms with Crippen molar-refractivity contribution >= 4 is 45.8 Å². The van der Waals surface area contributed by atoms with E-state index in [4.69, 9.17) is 27.9 Å². The van der Waals surface area contributed by atoms with Crippen LogP contribution >= 0.6 is 23.2 Å². The molecule has 0 saturated heterocycles. The van der Waals surface area contributed by atoms with Gasteiger partial charge in [0.25, 0.3) is 5.56 Å². The number of rotatable bonds is 8. The minimum Gasteiger partial charge on any atom is -0.495 e. The van der Waals surface area contributed by atoms with Crippen LogP contribution in [-0.4, -0.2) is 49.0 Å². The molecule has 0 saturated carbocycles. The van der Waals surface area contributed by atoms with Crippen molar-refractivity contribution in [2.75, 3.05) is 12.4 Å². The van der Waals surface area contributed by atoms with Crippen LogP contribution in [0.1, 0.15) is 12.5 Å². The van der Waals surface area contributed by atoms with Crippen LogP contribution in [0.2, 0.25) is 10.2 Å². The molecule has 0 aliphatic heterocycles. The lowest BCUT2D eigenvalue weighted by atomic mass is 10.0. The summed E-state index contributed by atoms with van der Waals surface area (Å²) in [5, 5.41) is 10.8. The van der Waals surface area contributed by atoms with Crippen LogP contribution in [0.3, 0.4) is 0 Å². The first-order chi connectivity index (χ1) is 19.2. The second-order valence-corrected chi connectivity index (χ2v) is 9.36. The van der Waals surface area contributed by atoms with E-state index in [1.54, 1.807) is 36.4 Å². The molecule has 0 fully saturated rings. The Kier molecular flexibility index (Phi) is 7.71. The van der Waals surface area contributed by atoms with Gasteiger partial charge in [0, 0.05) is 46.7 Å². The molecule has 0 spiro atoms. The van der Waals surface area contributed by atoms with Crippen molar-refractivity contribution < 1.29 is 18.3 Å². The SMILES string of the molecule is COc1cn(C(CC(F)F)C(=O)Nc2ccc3nccnc3c2)c(=O)cc1-c1cc(Cl)ccc1-n1cc(Cl)nn1. The van der Waals surface area contributed by atoms with Gasteiger partial charge in [-0.3, -0.25) is 24.1 Å². The van der Waals surface area contributed by atoms with Gasteiger partial charge in [-0.2, -0.15) is 0 Å². The highest BCUT2D eigenvalue weighted by Crippen LogP contribution is 2.36. The first-order valence-electron chi connectivity index (χ1n) is 11.7. The number of halogens is 4. The number of pyridine rings is 1. The second-order valence-electron chi connectivity index (χ2n) is 8.54. The number of fused-ring (bicyclic) bond motifs is 1. The fraction of sp³-hybridized carbons (Fsp3) is 0.154. The van der Waals surface area contributed by atoms with Crippen molar-refractivity contribution in [2.24, 2.45) is 0 Å². The van der Waals surface area contributed by atoms with Crippen LogP contribution in [0.4, 0.5) is 14.5 Å². The Morgan fingerprint density at radius 2 is 1.80 bits per heavy atom. The Morgan fingerprint density at radius 1 is 1.02 bits per heavy atom. The number of nitrogens with one attached hydrogen (secondary N) is 1. The fourth-order valence-electron chi connectivity index (χ4n) is 4.21. The number of benzene rings is 2. The molecular weight excluding hydrogens is 567 g/mol. The molecule has 1 atom stereocenters. The van der Waals surface area contributed by atoms with Crippen molar-refractivity contribution in [2.45, 2.75) is 18.9 Å². The van der Waals surface area contributed by atoms with E-state index in [1.165, 1.54) is 42.6 Å². The van der Waals surface area contributed by atoms with Gasteiger partial charge in [0.05, 0.1) is 36.2 Å². The Balaban J connectivity index is 1.56. The third-order valence-electron chi connectivity index (χ3n) is 6.00. The van der Waals surface area contributed by atoms with Crippen molar-refractivity contribution in [1.29, 1.82) is 0 Å². The maximum atomic E-state index is 13.6. The van der Waals surface area contributed by atoms with Crippen LogP contribution in [0.5, 0.6) is 5.75 Å². The van der Waals surface area contributed by atoms with Crippen molar-refractivity contribution in [1.82, 2.24) is 29.5 Å². The average Bonchev–Trinajstić information content (AvgIpc) is 3.37. The van der Waals surface area contributed by atoms with Gasteiger partial charge in [0.2, 0.25) is 12.3 Å². The Bertz CT molecular complexity index is 1780. The van der Waals surface area contributed by atoms with Crippen molar-refractivity contribution in [3.63, 3.8) is 0 Å². The predicted molar refractivity (Wildman–Crippen MR) is 145 cm³/mol. The van der Waals surface area contributed by atoms with Crippen molar-refractivity contribution in [3.8, 4) is 22.6 Å². The number of methoxy groups -OCH3 is 1. The van der Waals surface area contributed by atoms with E-state index in [0.717, 1.165) is 4.57 Å². The molecule has 0 aliphatic carbocycles. The van der Waals surface area contributed by atoms with Gasteiger partial charge < -0.3 is 10.1 Å². The molecule has 2 aromatic carbocycles. The molecule has 204 valence electrons. The number of aromatic nitrogens is 6. The number of amides is 1. The van der Waals surface area contributed by atoms with Gasteiger partial charge in [0.1, 0.15) is 11.8 Å². The topological polar surface area (TPSA) is 117 Å². The molecule has 1 unspecified atom stereocenters. The summed E-state index contributed by atoms with van der Waals surface area (Å²) in [6.45, 7) is 0. The largest absolute Gasteiger partial charge is 0.495 e. The van der Waals surface area contributed by atoms with Gasteiger partial charge >= 0.3 is 0 Å². The zero-order valence-electron chi connectivity index (χ0n) is 20.6. The van der Waals surface area contributed by atoms with E-state index in [-0.39, 0.29) is 16.5 Å². The summed E-state index contributed by atoms with van der Waals surface area (Å²) in [6.07, 6.45) is 1.90. The van der Waals surface area contributed by atoms with Crippen LogP contribution in [-0.2, 0) is 4.79 Å². The summed E-state index contributed by atoms with van der Waals surface area (Å²) < 4.78 is 35.1. The number of hydrogen-bond acceptors (Lipinski definition) is 7. The second kappa shape index (κ2) is 11.4. The third kappa shape index (κ3) is 5.63. The lowest BCUT2D eigenvalue weighted by Gasteiger charge is -2.21. The van der Waals surface area contributed by atoms with Crippen molar-refractivity contribution in [3.05, 3.63) is 87.8 Å². The predicted octanol–water partition coefficient (Wildman–Crippen LogP) is 5.19. The maximum absolute atomic E-state index is 13.6. The molecule has 0 aliphatic rings. The lowest BCUT2D eigenvalue weighted by Crippen LogP contribution is -2.34. The molecule has 5 rings (SSSR count). The molecule has 14 heteroatoms. The number of nitrogens with zero attached hydrogens (tertiary/aromatic N) is 6. The number of hydrogen-bond donors (Lipinski definition) is 1. The minimum absolute atomic E-state index is 0.127. The zero-order chi connectivity index (χ0) is 28.4. The van der Waals surface area contributed by atoms with Gasteiger partial charge in [-0.05, 0) is 36.4 Å². The molecule has 0 bridgehead atoms. The Morgan fingerprint density at radius 3 is 2.50 bits per heavy atom. The van der Waals surface area contributed by atoms with E-state index in [0.29, 0.717) is 33.0 Å². The fourth-order valence-corrected chi connectivity index (χ4v) is 4.51. The number of anilines is 1. The smallest absolute Gasteiger partial charge is 0.252 e. The van der Waals surface area contributed by atoms with Crippen LogP contribution in [0, 0.1) is 0 Å². The monoisotopic (exact) mass is 585 g/mol. The first kappa shape index (κ1) is 27.2. The van der Waals surface area contributed by atoms with E-state index in [2.05, 4.69) is 25.6 Å². The molecule has 1 amide bonds. The number of carbonyl (C=O) groups is 1. The molecule has 1 N–H and O–H groups in total. The summed E-state index contributed by atoms with van der Waals surface area (Å²) >= 11 is 12.2. The molecule has 40 heavy (non-hydrogen) atoms. The quantitative estimate of drug-likeness (QED) is 0.266. The highest BCUT2D eigenvalue weighted by atomic mass is 35.5. The third-order valence-corrected chi connectivity index (χ3v) is 6.41. The van der Waals surface area contributed by atoms with Gasteiger partial charge in [-0.25, -0.2) is 13.5 Å². The zero-order valence-corrected chi connectivity index (χ0v) is 22.1. The van der Waals surface area contributed by atoms with Gasteiger partial charge in [-0.15, -0.1) is 5.10 Å². The molecule has 3 aromatic heterocycles.